The summed E-state index contributed by atoms with van der Waals surface area (Å²) in [5, 5.41) is 4.01. The van der Waals surface area contributed by atoms with Gasteiger partial charge in [0.15, 0.2) is 0 Å². The number of carbonyl (C=O) groups is 1. The lowest BCUT2D eigenvalue weighted by atomic mass is 10.1. The van der Waals surface area contributed by atoms with Crippen molar-refractivity contribution < 1.29 is 4.79 Å². The number of hydrogen-bond donors (Lipinski definition) is 2. The second kappa shape index (κ2) is 5.50. The van der Waals surface area contributed by atoms with Gasteiger partial charge in [-0.15, -0.1) is 0 Å². The maximum atomic E-state index is 12.4. The van der Waals surface area contributed by atoms with E-state index in [-0.39, 0.29) is 5.91 Å². The van der Waals surface area contributed by atoms with Crippen LogP contribution in [0.4, 0.5) is 5.69 Å². The molecule has 2 N–H and O–H groups in total. The minimum Gasteiger partial charge on any atom is -0.361 e. The van der Waals surface area contributed by atoms with Gasteiger partial charge in [0.05, 0.1) is 0 Å². The molecule has 0 aliphatic carbocycles. The third kappa shape index (κ3) is 2.62. The number of carbonyl (C=O) groups excluding carboxylic acids is 1. The number of hydrogen-bond acceptors (Lipinski definition) is 1. The number of benzene rings is 2. The Balaban J connectivity index is 1.54. The van der Waals surface area contributed by atoms with Gasteiger partial charge in [-0.25, -0.2) is 0 Å². The third-order valence-corrected chi connectivity index (χ3v) is 3.84. The summed E-state index contributed by atoms with van der Waals surface area (Å²) in [6.45, 7) is 0. The SMILES string of the molecule is O=C(Nc1ccc2[nH]ccc2c1)c1ccc(-n2cccc2)cc1. The lowest BCUT2D eigenvalue weighted by molar-refractivity contribution is 0.102. The quantitative estimate of drug-likeness (QED) is 0.585. The van der Waals surface area contributed by atoms with Crippen molar-refractivity contribution in [3.8, 4) is 5.69 Å². The fourth-order valence-corrected chi connectivity index (χ4v) is 2.63. The largest absolute Gasteiger partial charge is 0.361 e. The number of amides is 1. The van der Waals surface area contributed by atoms with E-state index < -0.39 is 0 Å². The third-order valence-electron chi connectivity index (χ3n) is 3.84. The number of fused-ring (bicyclic) bond motifs is 1. The fraction of sp³-hybridized carbons (Fsp3) is 0. The zero-order valence-electron chi connectivity index (χ0n) is 12.4. The molecule has 0 spiro atoms. The van der Waals surface area contributed by atoms with E-state index in [9.17, 15) is 4.79 Å². The number of aromatic amines is 1. The molecule has 0 atom stereocenters. The highest BCUT2D eigenvalue weighted by Crippen LogP contribution is 2.19. The summed E-state index contributed by atoms with van der Waals surface area (Å²) in [5.41, 5.74) is 3.51. The molecule has 2 aromatic carbocycles. The molecule has 0 aliphatic rings. The van der Waals surface area contributed by atoms with Crippen molar-refractivity contribution in [2.45, 2.75) is 0 Å². The maximum absolute atomic E-state index is 12.4. The van der Waals surface area contributed by atoms with Crippen molar-refractivity contribution >= 4 is 22.5 Å². The molecule has 0 bridgehead atoms. The van der Waals surface area contributed by atoms with Crippen LogP contribution in [0, 0.1) is 0 Å². The summed E-state index contributed by atoms with van der Waals surface area (Å²) in [6, 6.07) is 19.3. The van der Waals surface area contributed by atoms with E-state index >= 15 is 0 Å². The Kier molecular flexibility index (Phi) is 3.20. The predicted octanol–water partition coefficient (Wildman–Crippen LogP) is 4.21. The predicted molar refractivity (Wildman–Crippen MR) is 92.0 cm³/mol. The molecule has 23 heavy (non-hydrogen) atoms. The van der Waals surface area contributed by atoms with Crippen LogP contribution in [0.1, 0.15) is 10.4 Å². The van der Waals surface area contributed by atoms with Gasteiger partial charge >= 0.3 is 0 Å². The molecular weight excluding hydrogens is 286 g/mol. The second-order valence-electron chi connectivity index (χ2n) is 5.37. The van der Waals surface area contributed by atoms with Gasteiger partial charge in [-0.1, -0.05) is 0 Å². The van der Waals surface area contributed by atoms with Crippen molar-refractivity contribution in [3.05, 3.63) is 84.8 Å². The van der Waals surface area contributed by atoms with Gasteiger partial charge in [0.1, 0.15) is 0 Å². The van der Waals surface area contributed by atoms with E-state index in [1.54, 1.807) is 0 Å². The molecule has 1 amide bonds. The number of H-pyrrole nitrogens is 1. The van der Waals surface area contributed by atoms with E-state index in [0.717, 1.165) is 22.3 Å². The lowest BCUT2D eigenvalue weighted by Crippen LogP contribution is -2.11. The molecule has 2 heterocycles. The van der Waals surface area contributed by atoms with Gasteiger partial charge in [0.2, 0.25) is 0 Å². The highest BCUT2D eigenvalue weighted by molar-refractivity contribution is 6.05. The zero-order chi connectivity index (χ0) is 15.6. The summed E-state index contributed by atoms with van der Waals surface area (Å²) in [7, 11) is 0. The Morgan fingerprint density at radius 1 is 0.957 bits per heavy atom. The normalized spacial score (nSPS) is 10.8. The smallest absolute Gasteiger partial charge is 0.255 e. The van der Waals surface area contributed by atoms with Crippen LogP contribution in [-0.2, 0) is 0 Å². The molecule has 4 rings (SSSR count). The Bertz CT molecular complexity index is 950. The summed E-state index contributed by atoms with van der Waals surface area (Å²) < 4.78 is 2.00. The molecule has 4 heteroatoms. The van der Waals surface area contributed by atoms with Crippen LogP contribution in [0.2, 0.25) is 0 Å². The molecule has 4 aromatic rings. The average Bonchev–Trinajstić information content (AvgIpc) is 3.26. The van der Waals surface area contributed by atoms with Gasteiger partial charge < -0.3 is 14.9 Å². The van der Waals surface area contributed by atoms with Crippen LogP contribution in [-0.4, -0.2) is 15.5 Å². The zero-order valence-corrected chi connectivity index (χ0v) is 12.4. The number of rotatable bonds is 3. The van der Waals surface area contributed by atoms with E-state index in [0.29, 0.717) is 5.56 Å². The molecule has 0 radical (unpaired) electrons. The Morgan fingerprint density at radius 3 is 2.52 bits per heavy atom. The second-order valence-corrected chi connectivity index (χ2v) is 5.37. The van der Waals surface area contributed by atoms with Crippen LogP contribution >= 0.6 is 0 Å². The highest BCUT2D eigenvalue weighted by atomic mass is 16.1. The average molecular weight is 301 g/mol. The minimum absolute atomic E-state index is 0.112. The molecule has 4 nitrogen and oxygen atoms in total. The first-order valence-corrected chi connectivity index (χ1v) is 7.41. The number of nitrogens with zero attached hydrogens (tertiary/aromatic N) is 1. The molecule has 0 fully saturated rings. The van der Waals surface area contributed by atoms with Gasteiger partial charge in [-0.05, 0) is 60.7 Å². The summed E-state index contributed by atoms with van der Waals surface area (Å²) in [5.74, 6) is -0.112. The molecule has 0 aliphatic heterocycles. The van der Waals surface area contributed by atoms with Crippen molar-refractivity contribution in [1.82, 2.24) is 9.55 Å². The topological polar surface area (TPSA) is 49.8 Å². The monoisotopic (exact) mass is 301 g/mol. The molecule has 112 valence electrons. The van der Waals surface area contributed by atoms with Gasteiger partial charge in [0.25, 0.3) is 5.91 Å². The number of aromatic nitrogens is 2. The van der Waals surface area contributed by atoms with E-state index in [2.05, 4.69) is 10.3 Å². The first-order valence-electron chi connectivity index (χ1n) is 7.41. The van der Waals surface area contributed by atoms with E-state index in [1.165, 1.54) is 0 Å². The molecule has 0 unspecified atom stereocenters. The van der Waals surface area contributed by atoms with Crippen LogP contribution in [0.25, 0.3) is 16.6 Å². The molecule has 0 saturated heterocycles. The Labute approximate surface area is 133 Å². The standard InChI is InChI=1S/C19H15N3O/c23-19(21-16-5-8-18-15(13-16)9-10-20-18)14-3-6-17(7-4-14)22-11-1-2-12-22/h1-13,20H,(H,21,23). The maximum Gasteiger partial charge on any atom is 0.255 e. The van der Waals surface area contributed by atoms with E-state index in [1.807, 2.05) is 83.8 Å². The number of anilines is 1. The van der Waals surface area contributed by atoms with Crippen molar-refractivity contribution in [3.63, 3.8) is 0 Å². The van der Waals surface area contributed by atoms with Crippen LogP contribution < -0.4 is 5.32 Å². The van der Waals surface area contributed by atoms with Crippen molar-refractivity contribution in [2.75, 3.05) is 5.32 Å². The van der Waals surface area contributed by atoms with Crippen LogP contribution in [0.3, 0.4) is 0 Å². The van der Waals surface area contributed by atoms with E-state index in [4.69, 9.17) is 0 Å². The molecular formula is C19H15N3O. The summed E-state index contributed by atoms with van der Waals surface area (Å²) in [6.07, 6.45) is 5.83. The first-order chi connectivity index (χ1) is 11.3. The fourth-order valence-electron chi connectivity index (χ4n) is 2.63. The minimum atomic E-state index is -0.112. The van der Waals surface area contributed by atoms with Gasteiger partial charge in [0, 0.05) is 46.4 Å². The molecule has 2 aromatic heterocycles. The Morgan fingerprint density at radius 2 is 1.74 bits per heavy atom. The van der Waals surface area contributed by atoms with Crippen LogP contribution in [0.5, 0.6) is 0 Å². The summed E-state index contributed by atoms with van der Waals surface area (Å²) >= 11 is 0. The molecule has 0 saturated carbocycles. The van der Waals surface area contributed by atoms with Crippen LogP contribution in [0.15, 0.2) is 79.3 Å². The number of nitrogens with one attached hydrogen (secondary N) is 2. The highest BCUT2D eigenvalue weighted by Gasteiger charge is 2.07. The van der Waals surface area contributed by atoms with Gasteiger partial charge in [-0.3, -0.25) is 4.79 Å². The van der Waals surface area contributed by atoms with Crippen molar-refractivity contribution in [2.24, 2.45) is 0 Å². The lowest BCUT2D eigenvalue weighted by Gasteiger charge is -2.07. The summed E-state index contributed by atoms with van der Waals surface area (Å²) in [4.78, 5) is 15.5. The first kappa shape index (κ1) is 13.4. The van der Waals surface area contributed by atoms with Crippen molar-refractivity contribution in [1.29, 1.82) is 0 Å². The van der Waals surface area contributed by atoms with Gasteiger partial charge in [-0.2, -0.15) is 0 Å². The Hall–Kier alpha value is -3.27.